The third-order valence-electron chi connectivity index (χ3n) is 4.37. The number of hydrogen-bond acceptors (Lipinski definition) is 4. The van der Waals surface area contributed by atoms with Crippen molar-refractivity contribution in [1.29, 1.82) is 0 Å². The van der Waals surface area contributed by atoms with Crippen molar-refractivity contribution >= 4 is 29.5 Å². The zero-order chi connectivity index (χ0) is 15.7. The second-order valence-corrected chi connectivity index (χ2v) is 5.63. The van der Waals surface area contributed by atoms with Gasteiger partial charge in [0, 0.05) is 24.0 Å². The molecule has 0 amide bonds. The number of nitrogens with two attached hydrogens (primary N) is 1. The molecule has 0 aromatic heterocycles. The molecular weight excluding hydrogens is 314 g/mol. The maximum atomic E-state index is 11.3. The number of nitro benzene ring substituents is 1. The van der Waals surface area contributed by atoms with Gasteiger partial charge in [-0.1, -0.05) is 24.3 Å². The Morgan fingerprint density at radius 2 is 1.96 bits per heavy atom. The third-order valence-corrected chi connectivity index (χ3v) is 4.37. The van der Waals surface area contributed by atoms with Crippen molar-refractivity contribution in [3.8, 4) is 0 Å². The molecule has 1 heterocycles. The number of nitrogen functional groups attached to an aromatic ring is 1. The molecule has 122 valence electrons. The highest BCUT2D eigenvalue weighted by Crippen LogP contribution is 2.38. The average Bonchev–Trinajstić information content (AvgIpc) is 2.54. The minimum Gasteiger partial charge on any atom is -0.398 e. The number of nitrogens with zero attached hydrogens (tertiary/aromatic N) is 2. The van der Waals surface area contributed by atoms with Gasteiger partial charge in [0.25, 0.3) is 5.69 Å². The van der Waals surface area contributed by atoms with Crippen molar-refractivity contribution in [3.63, 3.8) is 0 Å². The second kappa shape index (κ2) is 6.87. The predicted molar refractivity (Wildman–Crippen MR) is 95.3 cm³/mol. The summed E-state index contributed by atoms with van der Waals surface area (Å²) in [6.07, 6.45) is 1.97. The normalized spacial score (nSPS) is 14.6. The van der Waals surface area contributed by atoms with E-state index >= 15 is 0 Å². The van der Waals surface area contributed by atoms with Crippen LogP contribution in [0.25, 0.3) is 0 Å². The number of benzene rings is 2. The molecule has 0 saturated carbocycles. The third kappa shape index (κ3) is 3.10. The van der Waals surface area contributed by atoms with Crippen LogP contribution in [0.2, 0.25) is 0 Å². The van der Waals surface area contributed by atoms with Crippen LogP contribution in [0.3, 0.4) is 0 Å². The van der Waals surface area contributed by atoms with Crippen molar-refractivity contribution in [3.05, 3.63) is 63.7 Å². The molecule has 0 saturated heterocycles. The number of anilines is 2. The molecule has 0 fully saturated rings. The van der Waals surface area contributed by atoms with Gasteiger partial charge in [-0.05, 0) is 37.5 Å². The molecular formula is C17H20ClN3O2. The first-order valence-electron chi connectivity index (χ1n) is 7.47. The van der Waals surface area contributed by atoms with Gasteiger partial charge in [0.2, 0.25) is 0 Å². The van der Waals surface area contributed by atoms with E-state index in [-0.39, 0.29) is 29.1 Å². The fraction of sp³-hybridized carbons (Fsp3) is 0.294. The van der Waals surface area contributed by atoms with E-state index in [4.69, 9.17) is 5.73 Å². The van der Waals surface area contributed by atoms with Gasteiger partial charge in [0.15, 0.2) is 0 Å². The van der Waals surface area contributed by atoms with Gasteiger partial charge in [0.1, 0.15) is 0 Å². The molecule has 2 N–H and O–H groups in total. The van der Waals surface area contributed by atoms with Crippen LogP contribution in [-0.4, -0.2) is 11.5 Å². The highest BCUT2D eigenvalue weighted by atomic mass is 35.5. The highest BCUT2D eigenvalue weighted by Gasteiger charge is 2.27. The van der Waals surface area contributed by atoms with Crippen molar-refractivity contribution in [2.75, 3.05) is 17.2 Å². The van der Waals surface area contributed by atoms with E-state index in [0.717, 1.165) is 41.9 Å². The topological polar surface area (TPSA) is 72.4 Å². The number of nitro groups is 1. The fourth-order valence-corrected chi connectivity index (χ4v) is 3.26. The Morgan fingerprint density at radius 1 is 1.22 bits per heavy atom. The van der Waals surface area contributed by atoms with Gasteiger partial charge < -0.3 is 10.6 Å². The van der Waals surface area contributed by atoms with Crippen LogP contribution in [0.4, 0.5) is 17.1 Å². The smallest absolute Gasteiger partial charge is 0.274 e. The van der Waals surface area contributed by atoms with E-state index in [0.29, 0.717) is 0 Å². The summed E-state index contributed by atoms with van der Waals surface area (Å²) in [6, 6.07) is 12.8. The lowest BCUT2D eigenvalue weighted by Crippen LogP contribution is -2.32. The zero-order valence-corrected chi connectivity index (χ0v) is 13.8. The Balaban J connectivity index is 0.00000192. The van der Waals surface area contributed by atoms with E-state index in [2.05, 4.69) is 11.0 Å². The molecule has 1 atom stereocenters. The molecule has 0 bridgehead atoms. The van der Waals surface area contributed by atoms with Crippen LogP contribution in [0.1, 0.15) is 30.5 Å². The average molecular weight is 334 g/mol. The second-order valence-electron chi connectivity index (χ2n) is 5.63. The lowest BCUT2D eigenvalue weighted by molar-refractivity contribution is -0.385. The van der Waals surface area contributed by atoms with Crippen LogP contribution in [0.15, 0.2) is 42.5 Å². The van der Waals surface area contributed by atoms with E-state index < -0.39 is 0 Å². The predicted octanol–water partition coefficient (Wildman–Crippen LogP) is 4.11. The molecule has 2 aromatic carbocycles. The molecule has 1 aliphatic heterocycles. The first-order chi connectivity index (χ1) is 10.6. The van der Waals surface area contributed by atoms with Gasteiger partial charge in [0.05, 0.1) is 16.5 Å². The van der Waals surface area contributed by atoms with Crippen LogP contribution in [-0.2, 0) is 6.42 Å². The lowest BCUT2D eigenvalue weighted by Gasteiger charge is -2.36. The Kier molecular flexibility index (Phi) is 5.11. The molecule has 0 aliphatic carbocycles. The van der Waals surface area contributed by atoms with E-state index in [1.54, 1.807) is 12.1 Å². The van der Waals surface area contributed by atoms with Crippen LogP contribution < -0.4 is 10.6 Å². The Morgan fingerprint density at radius 3 is 2.70 bits per heavy atom. The molecule has 5 nitrogen and oxygen atoms in total. The highest BCUT2D eigenvalue weighted by molar-refractivity contribution is 5.85. The number of halogens is 1. The summed E-state index contributed by atoms with van der Waals surface area (Å²) in [6.45, 7) is 2.89. The quantitative estimate of drug-likeness (QED) is 0.521. The maximum absolute atomic E-state index is 11.3. The van der Waals surface area contributed by atoms with Gasteiger partial charge in [-0.3, -0.25) is 10.1 Å². The summed E-state index contributed by atoms with van der Waals surface area (Å²) < 4.78 is 0. The largest absolute Gasteiger partial charge is 0.398 e. The van der Waals surface area contributed by atoms with Gasteiger partial charge in [-0.25, -0.2) is 0 Å². The molecule has 1 unspecified atom stereocenters. The first-order valence-corrected chi connectivity index (χ1v) is 7.47. The van der Waals surface area contributed by atoms with Crippen LogP contribution in [0.5, 0.6) is 0 Å². The van der Waals surface area contributed by atoms with Gasteiger partial charge in [-0.2, -0.15) is 0 Å². The summed E-state index contributed by atoms with van der Waals surface area (Å²) in [5.74, 6) is 0. The SMILES string of the molecule is CC(c1ccccc1[N+](=O)[O-])N1CCCc2c(N)cccc21.Cl. The van der Waals surface area contributed by atoms with Crippen molar-refractivity contribution in [2.24, 2.45) is 0 Å². The summed E-state index contributed by atoms with van der Waals surface area (Å²) in [5.41, 5.74) is 10.0. The van der Waals surface area contributed by atoms with Crippen LogP contribution >= 0.6 is 12.4 Å². The number of para-hydroxylation sites is 1. The summed E-state index contributed by atoms with van der Waals surface area (Å²) in [5, 5.41) is 11.3. The van der Waals surface area contributed by atoms with E-state index in [9.17, 15) is 10.1 Å². The van der Waals surface area contributed by atoms with E-state index in [1.807, 2.05) is 31.2 Å². The fourth-order valence-electron chi connectivity index (χ4n) is 3.26. The number of rotatable bonds is 3. The van der Waals surface area contributed by atoms with Crippen LogP contribution in [0, 0.1) is 10.1 Å². The molecule has 1 aliphatic rings. The number of fused-ring (bicyclic) bond motifs is 1. The van der Waals surface area contributed by atoms with Crippen molar-refractivity contribution in [2.45, 2.75) is 25.8 Å². The minimum absolute atomic E-state index is 0. The molecule has 0 spiro atoms. The summed E-state index contributed by atoms with van der Waals surface area (Å²) in [7, 11) is 0. The molecule has 6 heteroatoms. The molecule has 0 radical (unpaired) electrons. The van der Waals surface area contributed by atoms with Crippen molar-refractivity contribution in [1.82, 2.24) is 0 Å². The molecule has 23 heavy (non-hydrogen) atoms. The Hall–Kier alpha value is -2.27. The van der Waals surface area contributed by atoms with Gasteiger partial charge in [-0.15, -0.1) is 12.4 Å². The standard InChI is InChI=1S/C17H19N3O2.ClH/c1-12(13-6-2-3-9-17(13)20(21)22)19-11-5-7-14-15(18)8-4-10-16(14)19;/h2-4,6,8-10,12H,5,7,11,18H2,1H3;1H. The van der Waals surface area contributed by atoms with Crippen molar-refractivity contribution < 1.29 is 4.92 Å². The maximum Gasteiger partial charge on any atom is 0.274 e. The Labute approximate surface area is 141 Å². The van der Waals surface area contributed by atoms with E-state index in [1.165, 1.54) is 0 Å². The molecule has 3 rings (SSSR count). The summed E-state index contributed by atoms with van der Waals surface area (Å²) >= 11 is 0. The number of hydrogen-bond donors (Lipinski definition) is 1. The zero-order valence-electron chi connectivity index (χ0n) is 12.9. The summed E-state index contributed by atoms with van der Waals surface area (Å²) in [4.78, 5) is 13.2. The monoisotopic (exact) mass is 333 g/mol. The first kappa shape index (κ1) is 17.1. The van der Waals surface area contributed by atoms with Gasteiger partial charge >= 0.3 is 0 Å². The minimum atomic E-state index is -0.309. The Bertz CT molecular complexity index is 721. The molecule has 2 aromatic rings. The lowest BCUT2D eigenvalue weighted by atomic mass is 9.96.